The molecule has 0 radical (unpaired) electrons. The van der Waals surface area contributed by atoms with Crippen LogP contribution in [0.3, 0.4) is 0 Å². The zero-order valence-electron chi connectivity index (χ0n) is 7.52. The van der Waals surface area contributed by atoms with Crippen molar-refractivity contribution in [2.45, 2.75) is 12.2 Å². The fourth-order valence-corrected chi connectivity index (χ4v) is 1.82. The molecule has 3 nitrogen and oxygen atoms in total. The fourth-order valence-electron chi connectivity index (χ4n) is 0.985. The van der Waals surface area contributed by atoms with E-state index >= 15 is 0 Å². The van der Waals surface area contributed by atoms with E-state index in [2.05, 4.69) is 9.72 Å². The maximum Gasteiger partial charge on any atom is 0.573 e. The lowest BCUT2D eigenvalue weighted by Gasteiger charge is -2.13. The van der Waals surface area contributed by atoms with Gasteiger partial charge in [-0.25, -0.2) is 4.98 Å². The highest BCUT2D eigenvalue weighted by Crippen LogP contribution is 2.30. The van der Waals surface area contributed by atoms with Crippen molar-refractivity contribution < 1.29 is 22.7 Å². The minimum Gasteiger partial charge on any atom is -0.403 e. The molecule has 0 amide bonds. The van der Waals surface area contributed by atoms with Crippen LogP contribution in [0.4, 0.5) is 13.2 Å². The first kappa shape index (κ1) is 13.5. The largest absolute Gasteiger partial charge is 0.573 e. The standard InChI is InChI=1S/C8H4ClF3INO2/c9-2-4-1-6(13)14-5(3-15)7(4)16-8(10,11)12/h1,3H,2H2. The Hall–Kier alpha value is -0.570. The molecule has 0 aliphatic rings. The number of hydrogen-bond donors (Lipinski definition) is 0. The third-order valence-corrected chi connectivity index (χ3v) is 2.36. The summed E-state index contributed by atoms with van der Waals surface area (Å²) in [6.45, 7) is 0. The predicted octanol–water partition coefficient (Wildman–Crippen LogP) is 3.14. The first-order valence-corrected chi connectivity index (χ1v) is 5.45. The van der Waals surface area contributed by atoms with Crippen LogP contribution < -0.4 is 4.74 Å². The Morgan fingerprint density at radius 2 is 2.19 bits per heavy atom. The summed E-state index contributed by atoms with van der Waals surface area (Å²) in [5, 5.41) is 0. The van der Waals surface area contributed by atoms with Crippen LogP contribution in [0.1, 0.15) is 16.1 Å². The molecule has 0 N–H and O–H groups in total. The molecule has 1 aromatic heterocycles. The molecule has 16 heavy (non-hydrogen) atoms. The number of ether oxygens (including phenoxy) is 1. The summed E-state index contributed by atoms with van der Waals surface area (Å²) in [5.41, 5.74) is -0.347. The van der Waals surface area contributed by atoms with Gasteiger partial charge in [-0.2, -0.15) is 0 Å². The van der Waals surface area contributed by atoms with Crippen molar-refractivity contribution in [3.05, 3.63) is 21.0 Å². The van der Waals surface area contributed by atoms with E-state index in [-0.39, 0.29) is 17.7 Å². The minimum absolute atomic E-state index is 0.0699. The van der Waals surface area contributed by atoms with Crippen LogP contribution in [0.2, 0.25) is 0 Å². The highest BCUT2D eigenvalue weighted by atomic mass is 127. The number of pyridine rings is 1. The van der Waals surface area contributed by atoms with E-state index < -0.39 is 17.8 Å². The number of carbonyl (C=O) groups is 1. The zero-order valence-corrected chi connectivity index (χ0v) is 10.4. The summed E-state index contributed by atoms with van der Waals surface area (Å²) in [6.07, 6.45) is -4.69. The zero-order chi connectivity index (χ0) is 12.3. The maximum absolute atomic E-state index is 12.1. The van der Waals surface area contributed by atoms with Gasteiger partial charge in [-0.1, -0.05) is 0 Å². The second kappa shape index (κ2) is 5.17. The SMILES string of the molecule is O=Cc1nc(I)cc(CCl)c1OC(F)(F)F. The number of aromatic nitrogens is 1. The second-order valence-corrected chi connectivity index (χ2v) is 3.99. The quantitative estimate of drug-likeness (QED) is 0.358. The predicted molar refractivity (Wildman–Crippen MR) is 58.6 cm³/mol. The van der Waals surface area contributed by atoms with Crippen molar-refractivity contribution in [3.8, 4) is 5.75 Å². The molecule has 0 aromatic carbocycles. The first-order chi connectivity index (χ1) is 7.37. The van der Waals surface area contributed by atoms with Gasteiger partial charge in [-0.3, -0.25) is 4.79 Å². The van der Waals surface area contributed by atoms with Crippen LogP contribution in [0, 0.1) is 3.70 Å². The van der Waals surface area contributed by atoms with E-state index in [1.54, 1.807) is 22.6 Å². The normalized spacial score (nSPS) is 11.3. The molecule has 1 heterocycles. The van der Waals surface area contributed by atoms with Crippen LogP contribution in [0.25, 0.3) is 0 Å². The number of carbonyl (C=O) groups excluding carboxylic acids is 1. The number of aldehydes is 1. The topological polar surface area (TPSA) is 39.2 Å². The molecule has 0 saturated heterocycles. The maximum atomic E-state index is 12.1. The van der Waals surface area contributed by atoms with Crippen molar-refractivity contribution in [3.63, 3.8) is 0 Å². The van der Waals surface area contributed by atoms with Gasteiger partial charge in [0.05, 0.1) is 5.88 Å². The van der Waals surface area contributed by atoms with Gasteiger partial charge in [-0.05, 0) is 28.7 Å². The molecular weight excluding hydrogens is 361 g/mol. The summed E-state index contributed by atoms with van der Waals surface area (Å²) in [6, 6.07) is 1.32. The Kier molecular flexibility index (Phi) is 4.36. The highest BCUT2D eigenvalue weighted by molar-refractivity contribution is 14.1. The van der Waals surface area contributed by atoms with E-state index in [1.165, 1.54) is 6.07 Å². The number of rotatable bonds is 3. The molecule has 0 atom stereocenters. The van der Waals surface area contributed by atoms with Gasteiger partial charge in [0.1, 0.15) is 9.39 Å². The van der Waals surface area contributed by atoms with Crippen LogP contribution in [-0.2, 0) is 5.88 Å². The average molecular weight is 365 g/mol. The smallest absolute Gasteiger partial charge is 0.403 e. The van der Waals surface area contributed by atoms with Crippen molar-refractivity contribution in [1.82, 2.24) is 4.98 Å². The van der Waals surface area contributed by atoms with Crippen LogP contribution in [0.15, 0.2) is 6.07 Å². The lowest BCUT2D eigenvalue weighted by molar-refractivity contribution is -0.275. The van der Waals surface area contributed by atoms with Crippen LogP contribution in [-0.4, -0.2) is 17.6 Å². The lowest BCUT2D eigenvalue weighted by atomic mass is 10.2. The molecule has 1 aromatic rings. The molecule has 0 saturated carbocycles. The Labute approximate surface area is 107 Å². The van der Waals surface area contributed by atoms with Gasteiger partial charge >= 0.3 is 6.36 Å². The summed E-state index contributed by atoms with van der Waals surface area (Å²) in [4.78, 5) is 14.2. The van der Waals surface area contributed by atoms with Gasteiger partial charge < -0.3 is 4.74 Å². The van der Waals surface area contributed by atoms with E-state index in [1.807, 2.05) is 0 Å². The van der Waals surface area contributed by atoms with Crippen molar-refractivity contribution in [2.24, 2.45) is 0 Å². The number of nitrogens with zero attached hydrogens (tertiary/aromatic N) is 1. The molecule has 0 bridgehead atoms. The van der Waals surface area contributed by atoms with E-state index in [9.17, 15) is 18.0 Å². The fraction of sp³-hybridized carbons (Fsp3) is 0.250. The molecule has 0 fully saturated rings. The summed E-state index contributed by atoms with van der Waals surface area (Å²) < 4.78 is 40.3. The summed E-state index contributed by atoms with van der Waals surface area (Å²) in [7, 11) is 0. The van der Waals surface area contributed by atoms with Crippen molar-refractivity contribution in [1.29, 1.82) is 0 Å². The third kappa shape index (κ3) is 3.48. The highest BCUT2D eigenvalue weighted by Gasteiger charge is 2.33. The monoisotopic (exact) mass is 365 g/mol. The lowest BCUT2D eigenvalue weighted by Crippen LogP contribution is -2.19. The second-order valence-electron chi connectivity index (χ2n) is 2.62. The molecule has 1 rings (SSSR count). The number of hydrogen-bond acceptors (Lipinski definition) is 3. The first-order valence-electron chi connectivity index (χ1n) is 3.83. The molecule has 88 valence electrons. The molecule has 0 aliphatic carbocycles. The Morgan fingerprint density at radius 1 is 1.56 bits per heavy atom. The van der Waals surface area contributed by atoms with E-state index in [4.69, 9.17) is 11.6 Å². The molecule has 0 unspecified atom stereocenters. The Bertz CT molecular complexity index is 411. The van der Waals surface area contributed by atoms with Crippen LogP contribution in [0.5, 0.6) is 5.75 Å². The van der Waals surface area contributed by atoms with Gasteiger partial charge in [0.2, 0.25) is 0 Å². The number of halogens is 5. The minimum atomic E-state index is -4.88. The summed E-state index contributed by atoms with van der Waals surface area (Å²) in [5.74, 6) is -0.844. The Morgan fingerprint density at radius 3 is 2.62 bits per heavy atom. The average Bonchev–Trinajstić information content (AvgIpc) is 2.18. The molecular formula is C8H4ClF3INO2. The van der Waals surface area contributed by atoms with Crippen molar-refractivity contribution >= 4 is 40.5 Å². The van der Waals surface area contributed by atoms with E-state index in [0.29, 0.717) is 3.70 Å². The van der Waals surface area contributed by atoms with Gasteiger partial charge in [-0.15, -0.1) is 24.8 Å². The number of alkyl halides is 4. The Balaban J connectivity index is 3.27. The molecule has 0 aliphatic heterocycles. The van der Waals surface area contributed by atoms with Crippen LogP contribution >= 0.6 is 34.2 Å². The third-order valence-electron chi connectivity index (χ3n) is 1.52. The molecule has 0 spiro atoms. The van der Waals surface area contributed by atoms with Gasteiger partial charge in [0.25, 0.3) is 0 Å². The van der Waals surface area contributed by atoms with Gasteiger partial charge in [0.15, 0.2) is 12.0 Å². The van der Waals surface area contributed by atoms with Gasteiger partial charge in [0, 0.05) is 5.56 Å². The molecule has 8 heteroatoms. The summed E-state index contributed by atoms with van der Waals surface area (Å²) >= 11 is 7.23. The van der Waals surface area contributed by atoms with E-state index in [0.717, 1.165) is 0 Å². The van der Waals surface area contributed by atoms with Crippen molar-refractivity contribution in [2.75, 3.05) is 0 Å².